The molecule has 27 heavy (non-hydrogen) atoms. The summed E-state index contributed by atoms with van der Waals surface area (Å²) in [6.07, 6.45) is 3.58. The normalized spacial score (nSPS) is 11.2. The van der Waals surface area contributed by atoms with Crippen molar-refractivity contribution in [1.82, 2.24) is 4.98 Å². The zero-order valence-electron chi connectivity index (χ0n) is 14.4. The molecular weight excluding hydrogens is 448 g/mol. The van der Waals surface area contributed by atoms with Crippen molar-refractivity contribution in [2.45, 2.75) is 15.5 Å². The number of hydrogen-bond acceptors (Lipinski definition) is 5. The fourth-order valence-corrected chi connectivity index (χ4v) is 4.91. The third-order valence-corrected chi connectivity index (χ3v) is 6.75. The largest absolute Gasteiger partial charge is 0.496 e. The van der Waals surface area contributed by atoms with Gasteiger partial charge in [-0.25, -0.2) is 8.42 Å². The molecule has 0 saturated heterocycles. The van der Waals surface area contributed by atoms with Gasteiger partial charge in [0.05, 0.1) is 16.5 Å². The topological polar surface area (TPSA) is 68.3 Å². The van der Waals surface area contributed by atoms with E-state index in [1.54, 1.807) is 36.2 Å². The molecule has 0 atom stereocenters. The molecule has 0 radical (unpaired) electrons. The van der Waals surface area contributed by atoms with Gasteiger partial charge >= 0.3 is 0 Å². The maximum atomic E-state index is 12.6. The number of hydrogen-bond donors (Lipinski definition) is 1. The van der Waals surface area contributed by atoms with Gasteiger partial charge in [-0.2, -0.15) is 0 Å². The molecule has 3 rings (SSSR count). The van der Waals surface area contributed by atoms with E-state index in [0.717, 1.165) is 16.2 Å². The highest BCUT2D eigenvalue weighted by atomic mass is 79.9. The van der Waals surface area contributed by atoms with Crippen molar-refractivity contribution in [3.05, 3.63) is 77.0 Å². The zero-order valence-corrected chi connectivity index (χ0v) is 17.6. The van der Waals surface area contributed by atoms with Gasteiger partial charge in [0.15, 0.2) is 0 Å². The number of rotatable bonds is 7. The molecule has 140 valence electrons. The number of sulfonamides is 1. The van der Waals surface area contributed by atoms with Gasteiger partial charge in [0.25, 0.3) is 10.0 Å². The second kappa shape index (κ2) is 8.77. The van der Waals surface area contributed by atoms with E-state index in [0.29, 0.717) is 15.9 Å². The molecule has 0 unspecified atom stereocenters. The summed E-state index contributed by atoms with van der Waals surface area (Å²) in [6, 6.07) is 15.8. The molecule has 0 amide bonds. The lowest BCUT2D eigenvalue weighted by Gasteiger charge is -2.10. The summed E-state index contributed by atoms with van der Waals surface area (Å²) in [7, 11) is -2.15. The Morgan fingerprint density at radius 2 is 1.93 bits per heavy atom. The fourth-order valence-electron chi connectivity index (χ4n) is 2.30. The Kier molecular flexibility index (Phi) is 6.41. The minimum atomic E-state index is -3.68. The van der Waals surface area contributed by atoms with Gasteiger partial charge in [-0.3, -0.25) is 9.71 Å². The van der Waals surface area contributed by atoms with E-state index in [4.69, 9.17) is 4.74 Å². The van der Waals surface area contributed by atoms with Crippen LogP contribution in [-0.4, -0.2) is 20.5 Å². The third-order valence-electron chi connectivity index (χ3n) is 3.67. The molecular formula is C19H17BrN2O3S2. The van der Waals surface area contributed by atoms with E-state index in [-0.39, 0.29) is 4.90 Å². The molecule has 5 nitrogen and oxygen atoms in total. The smallest absolute Gasteiger partial charge is 0.261 e. The van der Waals surface area contributed by atoms with Crippen molar-refractivity contribution in [1.29, 1.82) is 0 Å². The van der Waals surface area contributed by atoms with Crippen molar-refractivity contribution in [3.8, 4) is 5.75 Å². The standard InChI is InChI=1S/C19H17BrN2O3S2/c1-25-19-9-8-17(11-18(19)20)27(23,24)22-15-4-6-16(7-5-15)26-13-14-3-2-10-21-12-14/h2-12,22H,13H2,1H3. The Morgan fingerprint density at radius 1 is 1.15 bits per heavy atom. The molecule has 0 aliphatic carbocycles. The first-order valence-corrected chi connectivity index (χ1v) is 11.2. The molecule has 1 aromatic heterocycles. The molecule has 2 aromatic carbocycles. The van der Waals surface area contributed by atoms with E-state index in [9.17, 15) is 8.42 Å². The van der Waals surface area contributed by atoms with Gasteiger partial charge in [-0.15, -0.1) is 11.8 Å². The molecule has 1 N–H and O–H groups in total. The minimum absolute atomic E-state index is 0.158. The monoisotopic (exact) mass is 464 g/mol. The summed E-state index contributed by atoms with van der Waals surface area (Å²) < 4.78 is 33.4. The van der Waals surface area contributed by atoms with Gasteiger partial charge in [-0.1, -0.05) is 6.07 Å². The van der Waals surface area contributed by atoms with Gasteiger partial charge in [0.2, 0.25) is 0 Å². The number of halogens is 1. The average molecular weight is 465 g/mol. The lowest BCUT2D eigenvalue weighted by Crippen LogP contribution is -2.12. The maximum Gasteiger partial charge on any atom is 0.261 e. The summed E-state index contributed by atoms with van der Waals surface area (Å²) in [5.41, 5.74) is 1.64. The van der Waals surface area contributed by atoms with Crippen molar-refractivity contribution in [2.75, 3.05) is 11.8 Å². The number of nitrogens with zero attached hydrogens (tertiary/aromatic N) is 1. The Morgan fingerprint density at radius 3 is 2.56 bits per heavy atom. The van der Waals surface area contributed by atoms with E-state index >= 15 is 0 Å². The highest BCUT2D eigenvalue weighted by Crippen LogP contribution is 2.29. The fraction of sp³-hybridized carbons (Fsp3) is 0.105. The van der Waals surface area contributed by atoms with Crippen LogP contribution in [0.4, 0.5) is 5.69 Å². The number of anilines is 1. The van der Waals surface area contributed by atoms with Crippen LogP contribution in [0.15, 0.2) is 81.3 Å². The summed E-state index contributed by atoms with van der Waals surface area (Å²) in [5.74, 6) is 1.38. The van der Waals surface area contributed by atoms with Crippen LogP contribution >= 0.6 is 27.7 Å². The predicted molar refractivity (Wildman–Crippen MR) is 112 cm³/mol. The van der Waals surface area contributed by atoms with E-state index in [2.05, 4.69) is 25.6 Å². The molecule has 0 aliphatic rings. The van der Waals surface area contributed by atoms with Gasteiger partial charge in [-0.05, 0) is 70.0 Å². The van der Waals surface area contributed by atoms with Crippen LogP contribution in [0.5, 0.6) is 5.75 Å². The number of ether oxygens (including phenoxy) is 1. The van der Waals surface area contributed by atoms with Crippen LogP contribution in [0, 0.1) is 0 Å². The molecule has 0 bridgehead atoms. The first kappa shape index (κ1) is 19.7. The Bertz CT molecular complexity index is 1010. The van der Waals surface area contributed by atoms with Crippen LogP contribution in [0.3, 0.4) is 0 Å². The molecule has 3 aromatic rings. The first-order valence-electron chi connectivity index (χ1n) is 7.96. The maximum absolute atomic E-state index is 12.6. The van der Waals surface area contributed by atoms with E-state index < -0.39 is 10.0 Å². The molecule has 0 spiro atoms. The lowest BCUT2D eigenvalue weighted by molar-refractivity contribution is 0.411. The third kappa shape index (κ3) is 5.24. The highest BCUT2D eigenvalue weighted by molar-refractivity contribution is 9.10. The van der Waals surface area contributed by atoms with Gasteiger partial charge < -0.3 is 4.74 Å². The van der Waals surface area contributed by atoms with Crippen molar-refractivity contribution < 1.29 is 13.2 Å². The Hall–Kier alpha value is -2.03. The van der Waals surface area contributed by atoms with Crippen LogP contribution in [0.1, 0.15) is 5.56 Å². The van der Waals surface area contributed by atoms with Crippen molar-refractivity contribution >= 4 is 43.4 Å². The van der Waals surface area contributed by atoms with Gasteiger partial charge in [0, 0.05) is 28.7 Å². The molecule has 0 aliphatic heterocycles. The van der Waals surface area contributed by atoms with Crippen molar-refractivity contribution in [2.24, 2.45) is 0 Å². The Labute approximate surface area is 171 Å². The summed E-state index contributed by atoms with van der Waals surface area (Å²) in [4.78, 5) is 5.30. The average Bonchev–Trinajstić information content (AvgIpc) is 2.68. The Balaban J connectivity index is 1.67. The molecule has 1 heterocycles. The molecule has 8 heteroatoms. The predicted octanol–water partition coefficient (Wildman–Crippen LogP) is 4.95. The van der Waals surface area contributed by atoms with Crippen LogP contribution in [-0.2, 0) is 15.8 Å². The van der Waals surface area contributed by atoms with E-state index in [1.807, 2.05) is 30.5 Å². The number of aromatic nitrogens is 1. The van der Waals surface area contributed by atoms with E-state index in [1.165, 1.54) is 19.2 Å². The number of pyridine rings is 1. The highest BCUT2D eigenvalue weighted by Gasteiger charge is 2.16. The molecule has 0 saturated carbocycles. The summed E-state index contributed by atoms with van der Waals surface area (Å²) >= 11 is 4.97. The van der Waals surface area contributed by atoms with Crippen LogP contribution in [0.2, 0.25) is 0 Å². The first-order chi connectivity index (χ1) is 13.0. The zero-order chi connectivity index (χ0) is 19.3. The van der Waals surface area contributed by atoms with Crippen LogP contribution in [0.25, 0.3) is 0 Å². The second-order valence-corrected chi connectivity index (χ2v) is 9.16. The van der Waals surface area contributed by atoms with Gasteiger partial charge in [0.1, 0.15) is 5.75 Å². The van der Waals surface area contributed by atoms with Crippen molar-refractivity contribution in [3.63, 3.8) is 0 Å². The lowest BCUT2D eigenvalue weighted by atomic mass is 10.3. The summed E-state index contributed by atoms with van der Waals surface area (Å²) in [6.45, 7) is 0. The number of nitrogens with one attached hydrogen (secondary N) is 1. The summed E-state index contributed by atoms with van der Waals surface area (Å²) in [5, 5.41) is 0. The van der Waals surface area contributed by atoms with Crippen LogP contribution < -0.4 is 9.46 Å². The quantitative estimate of drug-likeness (QED) is 0.501. The second-order valence-electron chi connectivity index (χ2n) is 5.58. The molecule has 0 fully saturated rings. The number of benzene rings is 2. The SMILES string of the molecule is COc1ccc(S(=O)(=O)Nc2ccc(SCc3cccnc3)cc2)cc1Br. The number of methoxy groups -OCH3 is 1. The number of thioether (sulfide) groups is 1. The minimum Gasteiger partial charge on any atom is -0.496 e.